The summed E-state index contributed by atoms with van der Waals surface area (Å²) >= 11 is 0. The summed E-state index contributed by atoms with van der Waals surface area (Å²) in [5, 5.41) is 7.11. The van der Waals surface area contributed by atoms with Crippen molar-refractivity contribution in [1.82, 2.24) is 9.55 Å². The first-order valence-electron chi connectivity index (χ1n) is 18.0. The van der Waals surface area contributed by atoms with E-state index < -0.39 is 0 Å². The Bertz CT molecular complexity index is 2380. The summed E-state index contributed by atoms with van der Waals surface area (Å²) < 4.78 is 2.25. The smallest absolute Gasteiger partial charge is 0.242 e. The zero-order chi connectivity index (χ0) is 35.8. The second kappa shape index (κ2) is 13.9. The minimum atomic E-state index is 0.000798. The third kappa shape index (κ3) is 6.22. The van der Waals surface area contributed by atoms with Gasteiger partial charge in [0.1, 0.15) is 18.3 Å². The van der Waals surface area contributed by atoms with E-state index in [1.807, 2.05) is 0 Å². The molecule has 0 bridgehead atoms. The summed E-state index contributed by atoms with van der Waals surface area (Å²) in [4.78, 5) is 7.61. The van der Waals surface area contributed by atoms with Crippen molar-refractivity contribution < 1.29 is 0 Å². The quantitative estimate of drug-likeness (QED) is 0.152. The molecule has 2 heterocycles. The predicted octanol–water partition coefficient (Wildman–Crippen LogP) is 8.48. The molecule has 254 valence electrons. The molecular weight excluding hydrogens is 633 g/mol. The zero-order valence-electron chi connectivity index (χ0n) is 30.5. The summed E-state index contributed by atoms with van der Waals surface area (Å²) in [6.45, 7) is 9.42. The Morgan fingerprint density at radius 2 is 1.12 bits per heavy atom. The van der Waals surface area contributed by atoms with Gasteiger partial charge in [-0.1, -0.05) is 160 Å². The third-order valence-electron chi connectivity index (χ3n) is 10.2. The van der Waals surface area contributed by atoms with Crippen molar-refractivity contribution in [2.75, 3.05) is 16.6 Å². The van der Waals surface area contributed by atoms with Gasteiger partial charge in [0.15, 0.2) is 0 Å². The van der Waals surface area contributed by atoms with Gasteiger partial charge in [0.25, 0.3) is 0 Å². The maximum absolute atomic E-state index is 5.36. The van der Waals surface area contributed by atoms with Crippen LogP contribution in [0.5, 0.6) is 0 Å². The Hall–Kier alpha value is -6.14. The molecule has 7 aromatic rings. The summed E-state index contributed by atoms with van der Waals surface area (Å²) in [6.07, 6.45) is 0. The number of benzene rings is 6. The van der Waals surface area contributed by atoms with Crippen LogP contribution in [0.1, 0.15) is 23.6 Å². The van der Waals surface area contributed by atoms with Crippen molar-refractivity contribution in [3.05, 3.63) is 168 Å². The molecule has 0 unspecified atom stereocenters. The van der Waals surface area contributed by atoms with Crippen molar-refractivity contribution in [2.24, 2.45) is 12.1 Å². The second-order valence-electron chi connectivity index (χ2n) is 13.8. The minimum Gasteiger partial charge on any atom is -0.327 e. The largest absolute Gasteiger partial charge is 0.327 e. The molecule has 0 spiro atoms. The molecule has 0 fully saturated rings. The highest BCUT2D eigenvalue weighted by Crippen LogP contribution is 2.35. The fourth-order valence-corrected chi connectivity index (χ4v) is 7.89. The van der Waals surface area contributed by atoms with Crippen LogP contribution in [0.15, 0.2) is 157 Å². The van der Waals surface area contributed by atoms with Crippen LogP contribution in [0, 0.1) is 20.8 Å². The Labute approximate surface area is 307 Å². The molecule has 0 N–H and O–H groups in total. The molecule has 5 nitrogen and oxygen atoms in total. The van der Waals surface area contributed by atoms with Crippen molar-refractivity contribution in [2.45, 2.75) is 27.7 Å². The van der Waals surface area contributed by atoms with E-state index in [-0.39, 0.29) is 6.71 Å². The summed E-state index contributed by atoms with van der Waals surface area (Å²) in [7, 11) is 2.14. The van der Waals surface area contributed by atoms with Crippen LogP contribution < -0.4 is 26.3 Å². The zero-order valence-corrected chi connectivity index (χ0v) is 30.5. The number of para-hydroxylation sites is 1. The fraction of sp³-hybridized carbons (Fsp3) is 0.130. The normalized spacial score (nSPS) is 12.7. The lowest BCUT2D eigenvalue weighted by molar-refractivity contribution is 0.912. The maximum atomic E-state index is 5.36. The molecule has 0 saturated heterocycles. The van der Waals surface area contributed by atoms with Gasteiger partial charge in [-0.3, -0.25) is 0 Å². The number of imidazole rings is 1. The molecule has 1 aromatic heterocycles. The second-order valence-corrected chi connectivity index (χ2v) is 13.8. The number of hydrogen-bond acceptors (Lipinski definition) is 4. The first kappa shape index (κ1) is 33.0. The van der Waals surface area contributed by atoms with Gasteiger partial charge in [-0.05, 0) is 52.0 Å². The predicted molar refractivity (Wildman–Crippen MR) is 221 cm³/mol. The van der Waals surface area contributed by atoms with E-state index in [1.165, 1.54) is 33.1 Å². The lowest BCUT2D eigenvalue weighted by atomic mass is 9.35. The molecule has 0 radical (unpaired) electrons. The number of nitrogens with zero attached hydrogens (tertiary/aromatic N) is 5. The van der Waals surface area contributed by atoms with Gasteiger partial charge in [0.05, 0.1) is 17.1 Å². The number of anilines is 2. The first-order valence-corrected chi connectivity index (χ1v) is 18.0. The van der Waals surface area contributed by atoms with E-state index in [0.29, 0.717) is 6.67 Å². The fourth-order valence-electron chi connectivity index (χ4n) is 7.89. The average molecular weight is 676 g/mol. The van der Waals surface area contributed by atoms with Crippen LogP contribution in [-0.4, -0.2) is 28.8 Å². The molecule has 1 aliphatic rings. The van der Waals surface area contributed by atoms with Gasteiger partial charge in [0.2, 0.25) is 6.71 Å². The van der Waals surface area contributed by atoms with Crippen LogP contribution in [0.2, 0.25) is 0 Å². The molecule has 0 aliphatic carbocycles. The number of hydrazone groups is 1. The van der Waals surface area contributed by atoms with Gasteiger partial charge in [0, 0.05) is 29.4 Å². The van der Waals surface area contributed by atoms with Crippen molar-refractivity contribution in [3.63, 3.8) is 0 Å². The molecule has 0 atom stereocenters. The minimum absolute atomic E-state index is 0.000798. The van der Waals surface area contributed by atoms with Gasteiger partial charge in [-0.2, -0.15) is 5.10 Å². The van der Waals surface area contributed by atoms with E-state index in [1.54, 1.807) is 0 Å². The van der Waals surface area contributed by atoms with Crippen LogP contribution in [0.25, 0.3) is 33.9 Å². The highest BCUT2D eigenvalue weighted by molar-refractivity contribution is 6.96. The number of hydrogen-bond donors (Lipinski definition) is 0. The number of aryl methyl sites for hydroxylation is 3. The maximum Gasteiger partial charge on any atom is 0.242 e. The summed E-state index contributed by atoms with van der Waals surface area (Å²) in [6, 6.07) is 54.1. The van der Waals surface area contributed by atoms with Gasteiger partial charge in [-0.25, -0.2) is 9.99 Å². The first-order chi connectivity index (χ1) is 25.4. The van der Waals surface area contributed by atoms with E-state index in [9.17, 15) is 0 Å². The van der Waals surface area contributed by atoms with E-state index >= 15 is 0 Å². The van der Waals surface area contributed by atoms with Crippen LogP contribution in [0.4, 0.5) is 11.4 Å². The molecule has 0 saturated carbocycles. The standard InChI is InChI=1S/C46H42BN5/c1-32-27-33(2)43(34(3)28-32)47(40-23-16-26-42(30-40)52-31-51(35(4)49-52)41-24-13-8-14-25-41)39-22-15-21-38(29-39)46-48-44(36-17-9-6-10-18-36)45(50(46)5)37-19-11-7-12-20-37/h6-30H,31H2,1-5H3. The Kier molecular flexibility index (Phi) is 8.82. The van der Waals surface area contributed by atoms with E-state index in [0.717, 1.165) is 51.1 Å². The Morgan fingerprint density at radius 3 is 1.79 bits per heavy atom. The van der Waals surface area contributed by atoms with Crippen molar-refractivity contribution in [1.29, 1.82) is 0 Å². The summed E-state index contributed by atoms with van der Waals surface area (Å²) in [5.74, 6) is 1.91. The molecule has 52 heavy (non-hydrogen) atoms. The van der Waals surface area contributed by atoms with Crippen molar-refractivity contribution in [3.8, 4) is 33.9 Å². The Morgan fingerprint density at radius 1 is 0.558 bits per heavy atom. The molecular formula is C46H42BN5. The number of amidine groups is 1. The highest BCUT2D eigenvalue weighted by Gasteiger charge is 2.29. The number of rotatable bonds is 8. The molecule has 0 amide bonds. The molecule has 6 aromatic carbocycles. The van der Waals surface area contributed by atoms with Crippen LogP contribution >= 0.6 is 0 Å². The Balaban J connectivity index is 1.25. The van der Waals surface area contributed by atoms with Gasteiger partial charge >= 0.3 is 0 Å². The topological polar surface area (TPSA) is 36.7 Å². The van der Waals surface area contributed by atoms with Gasteiger partial charge in [-0.15, -0.1) is 0 Å². The van der Waals surface area contributed by atoms with Crippen molar-refractivity contribution >= 4 is 40.3 Å². The summed E-state index contributed by atoms with van der Waals surface area (Å²) in [5.41, 5.74) is 15.3. The molecule has 6 heteroatoms. The molecule has 8 rings (SSSR count). The molecule has 1 aliphatic heterocycles. The van der Waals surface area contributed by atoms with Crippen LogP contribution in [0.3, 0.4) is 0 Å². The van der Waals surface area contributed by atoms with E-state index in [2.05, 4.69) is 201 Å². The monoisotopic (exact) mass is 675 g/mol. The van der Waals surface area contributed by atoms with Crippen LogP contribution in [-0.2, 0) is 7.05 Å². The lowest BCUT2D eigenvalue weighted by Crippen LogP contribution is -2.54. The van der Waals surface area contributed by atoms with E-state index in [4.69, 9.17) is 10.1 Å². The van der Waals surface area contributed by atoms with Gasteiger partial charge < -0.3 is 9.47 Å². The highest BCUT2D eigenvalue weighted by atomic mass is 15.6. The number of aromatic nitrogens is 2. The SMILES string of the molecule is CC1=NN(c2cccc(B(c3cccc(-c4nc(-c5ccccc5)c(-c5ccccc5)n4C)c3)c3c(C)cc(C)cc3C)c2)CN1c1ccccc1. The average Bonchev–Trinajstić information content (AvgIpc) is 3.74. The lowest BCUT2D eigenvalue weighted by Gasteiger charge is -2.24. The third-order valence-corrected chi connectivity index (χ3v) is 10.2.